The third-order valence-corrected chi connectivity index (χ3v) is 6.80. The average molecular weight is 497 g/mol. The van der Waals surface area contributed by atoms with E-state index in [1.165, 1.54) is 28.4 Å². The summed E-state index contributed by atoms with van der Waals surface area (Å²) in [7, 11) is 0. The molecule has 0 bridgehead atoms. The molecule has 6 nitrogen and oxygen atoms in total. The van der Waals surface area contributed by atoms with Gasteiger partial charge in [0.1, 0.15) is 11.5 Å². The molecule has 1 aliphatic heterocycles. The zero-order valence-electron chi connectivity index (χ0n) is 16.7. The number of rotatable bonds is 3. The molecule has 33 heavy (non-hydrogen) atoms. The minimum absolute atomic E-state index is 0.0411. The van der Waals surface area contributed by atoms with Crippen molar-refractivity contribution >= 4 is 67.3 Å². The molecule has 0 radical (unpaired) electrons. The van der Waals surface area contributed by atoms with Crippen molar-refractivity contribution in [2.45, 2.75) is 6.04 Å². The number of aromatic hydroxyl groups is 1. The molecule has 2 N–H and O–H groups in total. The second-order valence-electron chi connectivity index (χ2n) is 7.38. The second-order valence-corrected chi connectivity index (χ2v) is 9.26. The summed E-state index contributed by atoms with van der Waals surface area (Å²) in [6, 6.07) is 16.6. The normalized spacial score (nSPS) is 17.8. The van der Waals surface area contributed by atoms with E-state index in [2.05, 4.69) is 4.98 Å². The number of phenols is 1. The Morgan fingerprint density at radius 2 is 1.70 bits per heavy atom. The van der Waals surface area contributed by atoms with Crippen LogP contribution in [0, 0.1) is 0 Å². The molecule has 2 heterocycles. The topological polar surface area (TPSA) is 90.7 Å². The number of hydrogen-bond acceptors (Lipinski definition) is 6. The highest BCUT2D eigenvalue weighted by atomic mass is 35.5. The number of carbonyl (C=O) groups excluding carboxylic acids is 2. The standard InChI is InChI=1S/C24H14Cl2N2O4S/c25-14-6-4-12(5-7-14)21(30)19-20(13-2-1-3-16(29)10-13)28(23(32)22(19)31)24-27-17-9-8-15(26)11-18(17)33-24/h1-11,20,29-30H/b21-19+. The number of aliphatic hydroxyl groups excluding tert-OH is 1. The summed E-state index contributed by atoms with van der Waals surface area (Å²) < 4.78 is 0.742. The third kappa shape index (κ3) is 3.74. The number of fused-ring (bicyclic) bond motifs is 1. The van der Waals surface area contributed by atoms with Crippen LogP contribution in [-0.4, -0.2) is 26.9 Å². The Morgan fingerprint density at radius 3 is 2.42 bits per heavy atom. The Bertz CT molecular complexity index is 1460. The molecule has 0 aliphatic carbocycles. The smallest absolute Gasteiger partial charge is 0.301 e. The summed E-state index contributed by atoms with van der Waals surface area (Å²) in [6.07, 6.45) is 0. The molecule has 1 saturated heterocycles. The average Bonchev–Trinajstić information content (AvgIpc) is 3.32. The second kappa shape index (κ2) is 8.19. The molecular weight excluding hydrogens is 483 g/mol. The first kappa shape index (κ1) is 21.5. The monoisotopic (exact) mass is 496 g/mol. The van der Waals surface area contributed by atoms with Gasteiger partial charge in [-0.15, -0.1) is 0 Å². The fraction of sp³-hybridized carbons (Fsp3) is 0.0417. The quantitative estimate of drug-likeness (QED) is 0.208. The fourth-order valence-corrected chi connectivity index (χ4v) is 5.19. The van der Waals surface area contributed by atoms with Gasteiger partial charge in [-0.2, -0.15) is 0 Å². The number of hydrogen-bond donors (Lipinski definition) is 2. The number of aliphatic hydroxyl groups is 1. The van der Waals surface area contributed by atoms with Gasteiger partial charge >= 0.3 is 5.91 Å². The van der Waals surface area contributed by atoms with E-state index in [4.69, 9.17) is 23.2 Å². The summed E-state index contributed by atoms with van der Waals surface area (Å²) in [5, 5.41) is 22.4. The summed E-state index contributed by atoms with van der Waals surface area (Å²) >= 11 is 13.2. The Morgan fingerprint density at radius 1 is 0.970 bits per heavy atom. The number of carbonyl (C=O) groups is 2. The number of ketones is 1. The molecule has 5 rings (SSSR count). The van der Waals surface area contributed by atoms with Gasteiger partial charge in [-0.3, -0.25) is 14.5 Å². The molecule has 3 aromatic carbocycles. The van der Waals surface area contributed by atoms with E-state index in [-0.39, 0.29) is 22.2 Å². The molecule has 1 aliphatic rings. The van der Waals surface area contributed by atoms with Crippen LogP contribution in [0.25, 0.3) is 16.0 Å². The molecule has 0 saturated carbocycles. The van der Waals surface area contributed by atoms with Gasteiger partial charge in [-0.05, 0) is 60.2 Å². The van der Waals surface area contributed by atoms with Crippen molar-refractivity contribution in [3.8, 4) is 5.75 Å². The van der Waals surface area contributed by atoms with Crippen molar-refractivity contribution in [1.82, 2.24) is 4.98 Å². The van der Waals surface area contributed by atoms with Crippen molar-refractivity contribution in [3.63, 3.8) is 0 Å². The zero-order chi connectivity index (χ0) is 23.3. The highest BCUT2D eigenvalue weighted by molar-refractivity contribution is 7.22. The number of benzene rings is 3. The number of halogens is 2. The predicted octanol–water partition coefficient (Wildman–Crippen LogP) is 5.94. The molecule has 164 valence electrons. The van der Waals surface area contributed by atoms with E-state index >= 15 is 0 Å². The highest BCUT2D eigenvalue weighted by Crippen LogP contribution is 2.45. The molecule has 4 aromatic rings. The number of thiazole rings is 1. The summed E-state index contributed by atoms with van der Waals surface area (Å²) in [5.74, 6) is -2.07. The van der Waals surface area contributed by atoms with Gasteiger partial charge < -0.3 is 10.2 Å². The van der Waals surface area contributed by atoms with Crippen LogP contribution in [0.4, 0.5) is 5.13 Å². The third-order valence-electron chi connectivity index (χ3n) is 5.29. The van der Waals surface area contributed by atoms with Crippen molar-refractivity contribution in [3.05, 3.63) is 93.5 Å². The Hall–Kier alpha value is -3.39. The number of anilines is 1. The first-order valence-electron chi connectivity index (χ1n) is 9.75. The van der Waals surface area contributed by atoms with Crippen molar-refractivity contribution in [2.24, 2.45) is 0 Å². The molecule has 9 heteroatoms. The van der Waals surface area contributed by atoms with Crippen molar-refractivity contribution in [1.29, 1.82) is 0 Å². The number of Topliss-reactive ketones (excluding diaryl/α,β-unsaturated/α-hetero) is 1. The minimum Gasteiger partial charge on any atom is -0.508 e. The first-order valence-corrected chi connectivity index (χ1v) is 11.3. The molecular formula is C24H14Cl2N2O4S. The lowest BCUT2D eigenvalue weighted by Crippen LogP contribution is -2.29. The summed E-state index contributed by atoms with van der Waals surface area (Å²) in [5.41, 5.74) is 1.29. The highest BCUT2D eigenvalue weighted by Gasteiger charge is 2.48. The van der Waals surface area contributed by atoms with Crippen molar-refractivity contribution in [2.75, 3.05) is 4.90 Å². The van der Waals surface area contributed by atoms with Crippen LogP contribution in [0.1, 0.15) is 17.2 Å². The SMILES string of the molecule is O=C1C(=O)N(c2nc3ccc(Cl)cc3s2)C(c2cccc(O)c2)/C1=C(\O)c1ccc(Cl)cc1. The van der Waals surface area contributed by atoms with Gasteiger partial charge in [0.15, 0.2) is 5.13 Å². The van der Waals surface area contributed by atoms with Crippen LogP contribution >= 0.6 is 34.5 Å². The first-order chi connectivity index (χ1) is 15.8. The van der Waals surface area contributed by atoms with Gasteiger partial charge in [0.2, 0.25) is 0 Å². The van der Waals surface area contributed by atoms with Crippen LogP contribution in [0.2, 0.25) is 10.0 Å². The lowest BCUT2D eigenvalue weighted by molar-refractivity contribution is -0.132. The Balaban J connectivity index is 1.74. The Kier molecular flexibility index (Phi) is 5.32. The summed E-state index contributed by atoms with van der Waals surface area (Å²) in [6.45, 7) is 0. The van der Waals surface area contributed by atoms with E-state index in [0.717, 1.165) is 4.70 Å². The van der Waals surface area contributed by atoms with Crippen LogP contribution in [0.3, 0.4) is 0 Å². The van der Waals surface area contributed by atoms with Gasteiger partial charge in [0, 0.05) is 15.6 Å². The largest absolute Gasteiger partial charge is 0.508 e. The minimum atomic E-state index is -0.996. The number of amides is 1. The zero-order valence-corrected chi connectivity index (χ0v) is 19.0. The van der Waals surface area contributed by atoms with Crippen LogP contribution in [0.15, 0.2) is 72.3 Å². The van der Waals surface area contributed by atoms with E-state index in [1.807, 2.05) is 0 Å². The lowest BCUT2D eigenvalue weighted by Gasteiger charge is -2.23. The number of nitrogens with zero attached hydrogens (tertiary/aromatic N) is 2. The maximum atomic E-state index is 13.2. The fourth-order valence-electron chi connectivity index (χ4n) is 3.79. The summed E-state index contributed by atoms with van der Waals surface area (Å²) in [4.78, 5) is 32.1. The molecule has 0 spiro atoms. The Labute approximate surface area is 201 Å². The maximum Gasteiger partial charge on any atom is 0.301 e. The molecule has 1 atom stereocenters. The van der Waals surface area contributed by atoms with E-state index in [9.17, 15) is 19.8 Å². The molecule has 1 fully saturated rings. The van der Waals surface area contributed by atoms with E-state index in [1.54, 1.807) is 54.6 Å². The van der Waals surface area contributed by atoms with Gasteiger partial charge in [-0.1, -0.05) is 46.7 Å². The number of aromatic nitrogens is 1. The van der Waals surface area contributed by atoms with Crippen LogP contribution < -0.4 is 4.90 Å². The lowest BCUT2D eigenvalue weighted by atomic mass is 9.95. The van der Waals surface area contributed by atoms with Crippen LogP contribution in [0.5, 0.6) is 5.75 Å². The van der Waals surface area contributed by atoms with E-state index < -0.39 is 17.7 Å². The molecule has 1 amide bonds. The maximum absolute atomic E-state index is 13.2. The van der Waals surface area contributed by atoms with Gasteiger partial charge in [0.25, 0.3) is 5.78 Å². The predicted molar refractivity (Wildman–Crippen MR) is 129 cm³/mol. The van der Waals surface area contributed by atoms with Crippen LogP contribution in [-0.2, 0) is 9.59 Å². The van der Waals surface area contributed by atoms with Gasteiger partial charge in [0.05, 0.1) is 21.8 Å². The van der Waals surface area contributed by atoms with Gasteiger partial charge in [-0.25, -0.2) is 4.98 Å². The van der Waals surface area contributed by atoms with Crippen molar-refractivity contribution < 1.29 is 19.8 Å². The van der Waals surface area contributed by atoms with E-state index in [0.29, 0.717) is 26.7 Å². The number of phenolic OH excluding ortho intramolecular Hbond substituents is 1. The molecule has 1 unspecified atom stereocenters. The molecule has 1 aromatic heterocycles.